The first-order chi connectivity index (χ1) is 7.54. The molecule has 0 atom stereocenters. The van der Waals surface area contributed by atoms with Gasteiger partial charge in [-0.1, -0.05) is 6.07 Å². The topological polar surface area (TPSA) is 49.5 Å². The highest BCUT2D eigenvalue weighted by molar-refractivity contribution is 5.41. The molecule has 1 aromatic carbocycles. The molecule has 0 saturated carbocycles. The van der Waals surface area contributed by atoms with Crippen molar-refractivity contribution < 1.29 is 9.50 Å². The lowest BCUT2D eigenvalue weighted by Gasteiger charge is -2.25. The number of aliphatic hydroxyl groups excluding tert-OH is 1. The molecule has 3 N–H and O–H groups in total. The number of rotatable bonds is 5. The summed E-state index contributed by atoms with van der Waals surface area (Å²) in [6, 6.07) is 5.14. The van der Waals surface area contributed by atoms with Gasteiger partial charge in [-0.25, -0.2) is 4.39 Å². The number of benzene rings is 1. The molecule has 1 aromatic rings. The lowest BCUT2D eigenvalue weighted by atomic mass is 10.1. The van der Waals surface area contributed by atoms with E-state index in [1.807, 2.05) is 19.9 Å². The standard InChI is InChI=1S/C12H19FN2O/c1-9(2)15(5-6-16)8-10-3-4-12(14)11(13)7-10/h3-4,7,9,16H,5-6,8,14H2,1-2H3. The fourth-order valence-electron chi connectivity index (χ4n) is 1.55. The first kappa shape index (κ1) is 12.9. The highest BCUT2D eigenvalue weighted by Crippen LogP contribution is 2.14. The van der Waals surface area contributed by atoms with E-state index in [2.05, 4.69) is 4.90 Å². The maximum absolute atomic E-state index is 13.2. The smallest absolute Gasteiger partial charge is 0.146 e. The van der Waals surface area contributed by atoms with Crippen molar-refractivity contribution >= 4 is 5.69 Å². The van der Waals surface area contributed by atoms with Gasteiger partial charge < -0.3 is 10.8 Å². The minimum atomic E-state index is -0.384. The third kappa shape index (κ3) is 3.47. The van der Waals surface area contributed by atoms with Gasteiger partial charge in [-0.15, -0.1) is 0 Å². The van der Waals surface area contributed by atoms with Crippen LogP contribution in [-0.2, 0) is 6.54 Å². The molecule has 90 valence electrons. The number of nitrogens with zero attached hydrogens (tertiary/aromatic N) is 1. The summed E-state index contributed by atoms with van der Waals surface area (Å²) in [6.45, 7) is 5.40. The van der Waals surface area contributed by atoms with Crippen LogP contribution in [0.5, 0.6) is 0 Å². The van der Waals surface area contributed by atoms with Gasteiger partial charge in [0.1, 0.15) is 5.82 Å². The Morgan fingerprint density at radius 2 is 2.12 bits per heavy atom. The maximum Gasteiger partial charge on any atom is 0.146 e. The van der Waals surface area contributed by atoms with Gasteiger partial charge in [-0.3, -0.25) is 4.90 Å². The van der Waals surface area contributed by atoms with Crippen LogP contribution in [0.25, 0.3) is 0 Å². The molecule has 0 unspecified atom stereocenters. The second-order valence-electron chi connectivity index (χ2n) is 4.14. The van der Waals surface area contributed by atoms with Crippen LogP contribution in [0.1, 0.15) is 19.4 Å². The lowest BCUT2D eigenvalue weighted by molar-refractivity contribution is 0.159. The summed E-state index contributed by atoms with van der Waals surface area (Å²) in [4.78, 5) is 2.07. The van der Waals surface area contributed by atoms with Crippen LogP contribution < -0.4 is 5.73 Å². The van der Waals surface area contributed by atoms with E-state index in [0.717, 1.165) is 5.56 Å². The predicted molar refractivity (Wildman–Crippen MR) is 63.4 cm³/mol. The van der Waals surface area contributed by atoms with E-state index in [4.69, 9.17) is 10.8 Å². The van der Waals surface area contributed by atoms with Crippen LogP contribution >= 0.6 is 0 Å². The number of hydrogen-bond acceptors (Lipinski definition) is 3. The molecule has 3 nitrogen and oxygen atoms in total. The summed E-state index contributed by atoms with van der Waals surface area (Å²) in [6.07, 6.45) is 0. The first-order valence-corrected chi connectivity index (χ1v) is 5.43. The number of hydrogen-bond donors (Lipinski definition) is 2. The fraction of sp³-hybridized carbons (Fsp3) is 0.500. The van der Waals surface area contributed by atoms with Gasteiger partial charge in [0.25, 0.3) is 0 Å². The Kier molecular flexibility index (Phi) is 4.71. The Labute approximate surface area is 95.7 Å². The van der Waals surface area contributed by atoms with Gasteiger partial charge in [0.05, 0.1) is 12.3 Å². The molecule has 0 aliphatic heterocycles. The summed E-state index contributed by atoms with van der Waals surface area (Å²) in [5.41, 5.74) is 6.45. The number of nitrogens with two attached hydrogens (primary N) is 1. The summed E-state index contributed by atoms with van der Waals surface area (Å²) in [5, 5.41) is 8.93. The van der Waals surface area contributed by atoms with Crippen molar-refractivity contribution in [2.24, 2.45) is 0 Å². The molecule has 0 radical (unpaired) electrons. The molecule has 0 saturated heterocycles. The zero-order valence-electron chi connectivity index (χ0n) is 9.78. The summed E-state index contributed by atoms with van der Waals surface area (Å²) in [5.74, 6) is -0.384. The minimum Gasteiger partial charge on any atom is -0.396 e. The molecule has 4 heteroatoms. The third-order valence-corrected chi connectivity index (χ3v) is 2.57. The first-order valence-electron chi connectivity index (χ1n) is 5.43. The third-order valence-electron chi connectivity index (χ3n) is 2.57. The minimum absolute atomic E-state index is 0.107. The van der Waals surface area contributed by atoms with E-state index in [1.54, 1.807) is 6.07 Å². The summed E-state index contributed by atoms with van der Waals surface area (Å²) in [7, 11) is 0. The Hall–Kier alpha value is -1.13. The Morgan fingerprint density at radius 3 is 2.62 bits per heavy atom. The molecule has 0 heterocycles. The van der Waals surface area contributed by atoms with Crippen molar-refractivity contribution in [3.63, 3.8) is 0 Å². The number of aliphatic hydroxyl groups is 1. The van der Waals surface area contributed by atoms with Crippen LogP contribution in [0.15, 0.2) is 18.2 Å². The van der Waals surface area contributed by atoms with Crippen molar-refractivity contribution in [3.05, 3.63) is 29.6 Å². The predicted octanol–water partition coefficient (Wildman–Crippen LogP) is 1.61. The van der Waals surface area contributed by atoms with Gasteiger partial charge >= 0.3 is 0 Å². The maximum atomic E-state index is 13.2. The normalized spacial score (nSPS) is 11.4. The highest BCUT2D eigenvalue weighted by atomic mass is 19.1. The van der Waals surface area contributed by atoms with Gasteiger partial charge in [0, 0.05) is 19.1 Å². The van der Waals surface area contributed by atoms with Crippen LogP contribution in [0, 0.1) is 5.82 Å². The van der Waals surface area contributed by atoms with Crippen LogP contribution in [0.4, 0.5) is 10.1 Å². The van der Waals surface area contributed by atoms with Gasteiger partial charge in [-0.05, 0) is 31.5 Å². The molecule has 0 bridgehead atoms. The van der Waals surface area contributed by atoms with E-state index in [9.17, 15) is 4.39 Å². The van der Waals surface area contributed by atoms with Crippen molar-refractivity contribution in [2.45, 2.75) is 26.4 Å². The summed E-state index contributed by atoms with van der Waals surface area (Å²) >= 11 is 0. The molecular weight excluding hydrogens is 207 g/mol. The van der Waals surface area contributed by atoms with Crippen LogP contribution in [0.2, 0.25) is 0 Å². The second-order valence-corrected chi connectivity index (χ2v) is 4.14. The number of anilines is 1. The SMILES string of the molecule is CC(C)N(CCO)Cc1ccc(N)c(F)c1. The molecule has 16 heavy (non-hydrogen) atoms. The summed E-state index contributed by atoms with van der Waals surface area (Å²) < 4.78 is 13.2. The van der Waals surface area contributed by atoms with Gasteiger partial charge in [-0.2, -0.15) is 0 Å². The second kappa shape index (κ2) is 5.82. The zero-order chi connectivity index (χ0) is 12.1. The van der Waals surface area contributed by atoms with E-state index in [1.165, 1.54) is 6.07 Å². The molecule has 0 amide bonds. The zero-order valence-corrected chi connectivity index (χ0v) is 9.78. The van der Waals surface area contributed by atoms with E-state index < -0.39 is 0 Å². The number of nitrogen functional groups attached to an aromatic ring is 1. The Bertz CT molecular complexity index is 342. The molecule has 0 aromatic heterocycles. The molecule has 0 fully saturated rings. The van der Waals surface area contributed by atoms with Crippen molar-refractivity contribution in [1.29, 1.82) is 0 Å². The van der Waals surface area contributed by atoms with Crippen LogP contribution in [0.3, 0.4) is 0 Å². The fourth-order valence-corrected chi connectivity index (χ4v) is 1.55. The lowest BCUT2D eigenvalue weighted by Crippen LogP contribution is -2.32. The van der Waals surface area contributed by atoms with Crippen LogP contribution in [-0.4, -0.2) is 29.2 Å². The molecule has 0 aliphatic carbocycles. The van der Waals surface area contributed by atoms with E-state index >= 15 is 0 Å². The van der Waals surface area contributed by atoms with Gasteiger partial charge in [0.2, 0.25) is 0 Å². The quantitative estimate of drug-likeness (QED) is 0.750. The number of halogens is 1. The van der Waals surface area contributed by atoms with Gasteiger partial charge in [0.15, 0.2) is 0 Å². The highest BCUT2D eigenvalue weighted by Gasteiger charge is 2.10. The Balaban J connectivity index is 2.73. The van der Waals surface area contributed by atoms with E-state index in [-0.39, 0.29) is 18.1 Å². The molecule has 0 spiro atoms. The van der Waals surface area contributed by atoms with Crippen molar-refractivity contribution in [3.8, 4) is 0 Å². The molecule has 1 rings (SSSR count). The monoisotopic (exact) mass is 226 g/mol. The average molecular weight is 226 g/mol. The van der Waals surface area contributed by atoms with Crippen molar-refractivity contribution in [2.75, 3.05) is 18.9 Å². The van der Waals surface area contributed by atoms with E-state index in [0.29, 0.717) is 19.1 Å². The van der Waals surface area contributed by atoms with Crippen molar-refractivity contribution in [1.82, 2.24) is 4.90 Å². The average Bonchev–Trinajstić information content (AvgIpc) is 2.22. The largest absolute Gasteiger partial charge is 0.396 e. The Morgan fingerprint density at radius 1 is 1.44 bits per heavy atom. The molecular formula is C12H19FN2O. The molecule has 0 aliphatic rings.